The minimum atomic E-state index is -0.355. The van der Waals surface area contributed by atoms with Gasteiger partial charge in [0.1, 0.15) is 5.82 Å². The number of nitrogens with one attached hydrogen (secondary N) is 2. The van der Waals surface area contributed by atoms with Crippen molar-refractivity contribution in [2.24, 2.45) is 0 Å². The van der Waals surface area contributed by atoms with Crippen molar-refractivity contribution in [3.05, 3.63) is 60.2 Å². The van der Waals surface area contributed by atoms with Gasteiger partial charge >= 0.3 is 0 Å². The molecule has 1 aliphatic carbocycles. The van der Waals surface area contributed by atoms with E-state index in [1.54, 1.807) is 24.5 Å². The molecule has 0 saturated heterocycles. The smallest absolute Gasteiger partial charge is 0.225 e. The number of anilines is 1. The van der Waals surface area contributed by atoms with E-state index in [2.05, 4.69) is 15.6 Å². The molecule has 4 nitrogen and oxygen atoms in total. The van der Waals surface area contributed by atoms with Crippen molar-refractivity contribution >= 4 is 11.6 Å². The Kier molecular flexibility index (Phi) is 4.67. The highest BCUT2D eigenvalue weighted by Gasteiger charge is 2.37. The van der Waals surface area contributed by atoms with Gasteiger partial charge in [0.15, 0.2) is 0 Å². The van der Waals surface area contributed by atoms with Gasteiger partial charge in [0, 0.05) is 36.6 Å². The Hall–Kier alpha value is -2.27. The van der Waals surface area contributed by atoms with E-state index in [0.29, 0.717) is 18.7 Å². The van der Waals surface area contributed by atoms with E-state index in [9.17, 15) is 9.18 Å². The summed E-state index contributed by atoms with van der Waals surface area (Å²) >= 11 is 0. The van der Waals surface area contributed by atoms with Gasteiger partial charge < -0.3 is 10.6 Å². The van der Waals surface area contributed by atoms with Crippen LogP contribution in [-0.2, 0) is 10.3 Å². The van der Waals surface area contributed by atoms with Gasteiger partial charge in [-0.3, -0.25) is 9.78 Å². The van der Waals surface area contributed by atoms with Gasteiger partial charge in [-0.25, -0.2) is 4.39 Å². The largest absolute Gasteiger partial charge is 0.326 e. The first-order valence-electron chi connectivity index (χ1n) is 7.89. The monoisotopic (exact) mass is 313 g/mol. The highest BCUT2D eigenvalue weighted by molar-refractivity contribution is 5.90. The van der Waals surface area contributed by atoms with Gasteiger partial charge in [0.2, 0.25) is 5.91 Å². The number of carbonyl (C=O) groups is 1. The Morgan fingerprint density at radius 3 is 2.65 bits per heavy atom. The van der Waals surface area contributed by atoms with E-state index in [4.69, 9.17) is 0 Å². The number of pyridine rings is 1. The third-order valence-corrected chi connectivity index (χ3v) is 4.36. The van der Waals surface area contributed by atoms with Crippen molar-refractivity contribution in [3.63, 3.8) is 0 Å². The maximum atomic E-state index is 13.1. The topological polar surface area (TPSA) is 54.0 Å². The van der Waals surface area contributed by atoms with E-state index in [1.807, 2.05) is 12.1 Å². The SMILES string of the molecule is O=C(CCNC1(c2ccncc2)CCC1)Nc1cccc(F)c1. The molecule has 0 atom stereocenters. The molecule has 0 aliphatic heterocycles. The summed E-state index contributed by atoms with van der Waals surface area (Å²) in [5.74, 6) is -0.473. The third-order valence-electron chi connectivity index (χ3n) is 4.36. The lowest BCUT2D eigenvalue weighted by atomic mass is 9.72. The average molecular weight is 313 g/mol. The van der Waals surface area contributed by atoms with Crippen molar-refractivity contribution in [1.29, 1.82) is 0 Å². The lowest BCUT2D eigenvalue weighted by molar-refractivity contribution is -0.116. The third kappa shape index (κ3) is 3.74. The second-order valence-corrected chi connectivity index (χ2v) is 5.91. The molecule has 1 amide bonds. The van der Waals surface area contributed by atoms with Crippen LogP contribution in [0.2, 0.25) is 0 Å². The maximum Gasteiger partial charge on any atom is 0.225 e. The van der Waals surface area contributed by atoms with Crippen molar-refractivity contribution in [1.82, 2.24) is 10.3 Å². The van der Waals surface area contributed by atoms with Crippen molar-refractivity contribution in [2.45, 2.75) is 31.2 Å². The predicted octanol–water partition coefficient (Wildman–Crippen LogP) is 3.22. The highest BCUT2D eigenvalue weighted by Crippen LogP contribution is 2.40. The Morgan fingerprint density at radius 2 is 2.00 bits per heavy atom. The second-order valence-electron chi connectivity index (χ2n) is 5.91. The fourth-order valence-corrected chi connectivity index (χ4v) is 2.97. The first kappa shape index (κ1) is 15.6. The van der Waals surface area contributed by atoms with Crippen LogP contribution in [-0.4, -0.2) is 17.4 Å². The average Bonchev–Trinajstić information content (AvgIpc) is 2.51. The number of amides is 1. The van der Waals surface area contributed by atoms with Crippen LogP contribution in [0.4, 0.5) is 10.1 Å². The molecule has 2 N–H and O–H groups in total. The standard InChI is InChI=1S/C18H20FN3O/c19-15-3-1-4-16(13-15)22-17(23)7-12-21-18(8-2-9-18)14-5-10-20-11-6-14/h1,3-6,10-11,13,21H,2,7-9,12H2,(H,22,23). The number of hydrogen-bond acceptors (Lipinski definition) is 3. The molecule has 1 aromatic carbocycles. The van der Waals surface area contributed by atoms with Crippen molar-refractivity contribution in [2.75, 3.05) is 11.9 Å². The summed E-state index contributed by atoms with van der Waals surface area (Å²) in [7, 11) is 0. The Bertz CT molecular complexity index is 671. The highest BCUT2D eigenvalue weighted by atomic mass is 19.1. The van der Waals surface area contributed by atoms with Gasteiger partial charge in [-0.1, -0.05) is 6.07 Å². The normalized spacial score (nSPS) is 15.7. The molecule has 1 aliphatic rings. The Labute approximate surface area is 135 Å². The van der Waals surface area contributed by atoms with Crippen LogP contribution < -0.4 is 10.6 Å². The molecule has 23 heavy (non-hydrogen) atoms. The molecule has 2 aromatic rings. The first-order chi connectivity index (χ1) is 11.2. The fourth-order valence-electron chi connectivity index (χ4n) is 2.97. The number of aromatic nitrogens is 1. The lowest BCUT2D eigenvalue weighted by Crippen LogP contribution is -2.48. The summed E-state index contributed by atoms with van der Waals surface area (Å²) < 4.78 is 13.1. The van der Waals surface area contributed by atoms with Crippen molar-refractivity contribution < 1.29 is 9.18 Å². The van der Waals surface area contributed by atoms with E-state index < -0.39 is 0 Å². The van der Waals surface area contributed by atoms with Crippen LogP contribution in [0.25, 0.3) is 0 Å². The lowest BCUT2D eigenvalue weighted by Gasteiger charge is -2.43. The summed E-state index contributed by atoms with van der Waals surface area (Å²) in [5, 5.41) is 6.23. The quantitative estimate of drug-likeness (QED) is 0.861. The van der Waals surface area contributed by atoms with Gasteiger partial charge in [0.25, 0.3) is 0 Å². The molecular formula is C18H20FN3O. The number of halogens is 1. The summed E-state index contributed by atoms with van der Waals surface area (Å²) in [5.41, 5.74) is 1.69. The summed E-state index contributed by atoms with van der Waals surface area (Å²) in [6.45, 7) is 0.587. The maximum absolute atomic E-state index is 13.1. The van der Waals surface area contributed by atoms with Crippen LogP contribution in [0.1, 0.15) is 31.2 Å². The Morgan fingerprint density at radius 1 is 1.22 bits per heavy atom. The van der Waals surface area contributed by atoms with Gasteiger partial charge in [-0.05, 0) is 55.2 Å². The first-order valence-corrected chi connectivity index (χ1v) is 7.89. The van der Waals surface area contributed by atoms with Crippen LogP contribution in [0.5, 0.6) is 0 Å². The van der Waals surface area contributed by atoms with Gasteiger partial charge in [-0.2, -0.15) is 0 Å². The Balaban J connectivity index is 1.51. The van der Waals surface area contributed by atoms with E-state index in [0.717, 1.165) is 12.8 Å². The molecule has 1 aromatic heterocycles. The number of nitrogens with zero attached hydrogens (tertiary/aromatic N) is 1. The number of hydrogen-bond donors (Lipinski definition) is 2. The molecule has 0 unspecified atom stereocenters. The zero-order valence-electron chi connectivity index (χ0n) is 12.9. The minimum Gasteiger partial charge on any atom is -0.326 e. The molecule has 0 radical (unpaired) electrons. The molecule has 0 spiro atoms. The number of rotatable bonds is 6. The summed E-state index contributed by atoms with van der Waals surface area (Å²) in [6, 6.07) is 9.98. The molecule has 5 heteroatoms. The fraction of sp³-hybridized carbons (Fsp3) is 0.333. The molecule has 1 heterocycles. The van der Waals surface area contributed by atoms with Gasteiger partial charge in [0.05, 0.1) is 0 Å². The van der Waals surface area contributed by atoms with Crippen LogP contribution in [0, 0.1) is 5.82 Å². The van der Waals surface area contributed by atoms with Crippen LogP contribution in [0.3, 0.4) is 0 Å². The predicted molar refractivity (Wildman–Crippen MR) is 87.4 cm³/mol. The zero-order valence-corrected chi connectivity index (χ0v) is 12.9. The molecule has 3 rings (SSSR count). The number of benzene rings is 1. The van der Waals surface area contributed by atoms with Crippen LogP contribution >= 0.6 is 0 Å². The molecule has 0 bridgehead atoms. The molecule has 120 valence electrons. The second kappa shape index (κ2) is 6.87. The molecular weight excluding hydrogens is 293 g/mol. The summed E-state index contributed by atoms with van der Waals surface area (Å²) in [6.07, 6.45) is 7.28. The number of carbonyl (C=O) groups excluding carboxylic acids is 1. The van der Waals surface area contributed by atoms with Gasteiger partial charge in [-0.15, -0.1) is 0 Å². The van der Waals surface area contributed by atoms with E-state index in [-0.39, 0.29) is 17.3 Å². The van der Waals surface area contributed by atoms with Crippen molar-refractivity contribution in [3.8, 4) is 0 Å². The molecule has 1 saturated carbocycles. The van der Waals surface area contributed by atoms with E-state index in [1.165, 1.54) is 24.1 Å². The summed E-state index contributed by atoms with van der Waals surface area (Å²) in [4.78, 5) is 16.0. The van der Waals surface area contributed by atoms with Crippen LogP contribution in [0.15, 0.2) is 48.8 Å². The minimum absolute atomic E-state index is 0.0257. The molecule has 1 fully saturated rings. The van der Waals surface area contributed by atoms with E-state index >= 15 is 0 Å². The zero-order chi connectivity index (χ0) is 16.1.